The molecule has 1 saturated heterocycles. The lowest BCUT2D eigenvalue weighted by Gasteiger charge is -2.26. The summed E-state index contributed by atoms with van der Waals surface area (Å²) in [5.41, 5.74) is 0.391. The van der Waals surface area contributed by atoms with Gasteiger partial charge in [-0.25, -0.2) is 22.9 Å². The maximum atomic E-state index is 14.6. The Bertz CT molecular complexity index is 1220. The van der Waals surface area contributed by atoms with Crippen molar-refractivity contribution >= 4 is 23.5 Å². The van der Waals surface area contributed by atoms with Crippen LogP contribution in [0.3, 0.4) is 0 Å². The van der Waals surface area contributed by atoms with Crippen molar-refractivity contribution in [3.63, 3.8) is 0 Å². The first kappa shape index (κ1) is 26.2. The smallest absolute Gasteiger partial charge is 0.420 e. The lowest BCUT2D eigenvalue weighted by Crippen LogP contribution is -2.31. The summed E-state index contributed by atoms with van der Waals surface area (Å²) in [7, 11) is 1.39. The molecule has 0 unspecified atom stereocenters. The van der Waals surface area contributed by atoms with Crippen LogP contribution in [-0.4, -0.2) is 54.2 Å². The van der Waals surface area contributed by atoms with Crippen molar-refractivity contribution in [3.8, 4) is 11.5 Å². The Kier molecular flexibility index (Phi) is 8.78. The first-order chi connectivity index (χ1) is 17.9. The molecule has 1 fully saturated rings. The minimum Gasteiger partial charge on any atom is -0.490 e. The van der Waals surface area contributed by atoms with E-state index in [-0.39, 0.29) is 23.3 Å². The SMILES string of the molecule is CN(C(=O)Oc1ccc(F)c(F)c1)c1ccnc(Nc2ccc(OCCCN3CCCCC3)c(F)c2)n1. The molecule has 0 bridgehead atoms. The Labute approximate surface area is 213 Å². The van der Waals surface area contributed by atoms with Gasteiger partial charge in [0.05, 0.1) is 6.61 Å². The van der Waals surface area contributed by atoms with E-state index in [0.29, 0.717) is 12.3 Å². The van der Waals surface area contributed by atoms with E-state index in [2.05, 4.69) is 20.2 Å². The van der Waals surface area contributed by atoms with Crippen molar-refractivity contribution in [1.82, 2.24) is 14.9 Å². The Hall–Kier alpha value is -3.86. The van der Waals surface area contributed by atoms with Gasteiger partial charge < -0.3 is 19.7 Å². The van der Waals surface area contributed by atoms with Crippen LogP contribution in [0, 0.1) is 17.5 Å². The quantitative estimate of drug-likeness (QED) is 0.376. The number of ether oxygens (including phenoxy) is 2. The minimum atomic E-state index is -1.14. The van der Waals surface area contributed by atoms with Gasteiger partial charge in [0, 0.05) is 37.6 Å². The van der Waals surface area contributed by atoms with Crippen LogP contribution in [0.2, 0.25) is 0 Å². The number of piperidine rings is 1. The fourth-order valence-electron chi connectivity index (χ4n) is 3.88. The van der Waals surface area contributed by atoms with Crippen LogP contribution in [-0.2, 0) is 0 Å². The molecular formula is C26H28F3N5O3. The number of rotatable bonds is 9. The molecule has 0 atom stereocenters. The third-order valence-corrected chi connectivity index (χ3v) is 5.87. The van der Waals surface area contributed by atoms with Gasteiger partial charge in [-0.2, -0.15) is 4.98 Å². The van der Waals surface area contributed by atoms with Crippen LogP contribution < -0.4 is 19.7 Å². The van der Waals surface area contributed by atoms with Crippen molar-refractivity contribution in [2.75, 3.05) is 43.5 Å². The molecule has 0 radical (unpaired) electrons. The summed E-state index contributed by atoms with van der Waals surface area (Å²) in [6, 6.07) is 8.66. The van der Waals surface area contributed by atoms with Crippen LogP contribution in [0.4, 0.5) is 35.4 Å². The van der Waals surface area contributed by atoms with Crippen LogP contribution in [0.25, 0.3) is 0 Å². The molecule has 11 heteroatoms. The third kappa shape index (κ3) is 7.32. The fraction of sp³-hybridized carbons (Fsp3) is 0.346. The van der Waals surface area contributed by atoms with Crippen LogP contribution in [0.1, 0.15) is 25.7 Å². The van der Waals surface area contributed by atoms with E-state index in [1.807, 2.05) is 0 Å². The summed E-state index contributed by atoms with van der Waals surface area (Å²) in [4.78, 5) is 24.2. The summed E-state index contributed by atoms with van der Waals surface area (Å²) >= 11 is 0. The molecule has 0 saturated carbocycles. The van der Waals surface area contributed by atoms with E-state index in [0.717, 1.165) is 49.2 Å². The van der Waals surface area contributed by atoms with E-state index in [4.69, 9.17) is 9.47 Å². The second kappa shape index (κ2) is 12.4. The van der Waals surface area contributed by atoms with Gasteiger partial charge in [0.15, 0.2) is 23.2 Å². The molecule has 37 heavy (non-hydrogen) atoms. The Morgan fingerprint density at radius 1 is 1.03 bits per heavy atom. The van der Waals surface area contributed by atoms with Gasteiger partial charge in [-0.15, -0.1) is 0 Å². The van der Waals surface area contributed by atoms with Crippen molar-refractivity contribution in [1.29, 1.82) is 0 Å². The molecule has 1 amide bonds. The third-order valence-electron chi connectivity index (χ3n) is 5.87. The first-order valence-electron chi connectivity index (χ1n) is 12.0. The number of aromatic nitrogens is 2. The Morgan fingerprint density at radius 2 is 1.84 bits per heavy atom. The molecule has 0 aliphatic carbocycles. The average molecular weight is 516 g/mol. The standard InChI is InChI=1S/C26H28F3N5O3/c1-33(26(35)37-19-7-8-20(27)21(28)17-19)24-10-11-30-25(32-24)31-18-6-9-23(22(29)16-18)36-15-5-14-34-12-3-2-4-13-34/h6-11,16-17H,2-5,12-15H2,1H3,(H,30,31,32). The van der Waals surface area contributed by atoms with Gasteiger partial charge in [-0.3, -0.25) is 4.90 Å². The molecule has 196 valence electrons. The zero-order chi connectivity index (χ0) is 26.2. The number of carbonyl (C=O) groups excluding carboxylic acids is 1. The number of hydrogen-bond acceptors (Lipinski definition) is 7. The maximum Gasteiger partial charge on any atom is 0.420 e. The molecule has 1 aliphatic rings. The van der Waals surface area contributed by atoms with E-state index in [9.17, 15) is 18.0 Å². The van der Waals surface area contributed by atoms with E-state index >= 15 is 0 Å². The summed E-state index contributed by atoms with van der Waals surface area (Å²) in [6.07, 6.45) is 5.11. The van der Waals surface area contributed by atoms with Gasteiger partial charge >= 0.3 is 6.09 Å². The maximum absolute atomic E-state index is 14.6. The fourth-order valence-corrected chi connectivity index (χ4v) is 3.88. The van der Waals surface area contributed by atoms with Crippen LogP contribution >= 0.6 is 0 Å². The zero-order valence-corrected chi connectivity index (χ0v) is 20.4. The predicted molar refractivity (Wildman–Crippen MR) is 133 cm³/mol. The molecule has 1 aliphatic heterocycles. The van der Waals surface area contributed by atoms with Gasteiger partial charge in [0.1, 0.15) is 11.6 Å². The number of hydrogen-bond donors (Lipinski definition) is 1. The lowest BCUT2D eigenvalue weighted by molar-refractivity contribution is 0.203. The second-order valence-corrected chi connectivity index (χ2v) is 8.62. The minimum absolute atomic E-state index is 0.111. The molecule has 0 spiro atoms. The van der Waals surface area contributed by atoms with E-state index in [1.54, 1.807) is 6.07 Å². The Morgan fingerprint density at radius 3 is 2.59 bits per heavy atom. The number of benzene rings is 2. The molecule has 3 aromatic rings. The highest BCUT2D eigenvalue weighted by molar-refractivity contribution is 5.87. The average Bonchev–Trinajstić information content (AvgIpc) is 2.90. The molecule has 2 heterocycles. The number of carbonyl (C=O) groups is 1. The number of likely N-dealkylation sites (tertiary alicyclic amines) is 1. The number of nitrogens with one attached hydrogen (secondary N) is 1. The van der Waals surface area contributed by atoms with Gasteiger partial charge in [0.2, 0.25) is 5.95 Å². The van der Waals surface area contributed by atoms with Gasteiger partial charge in [-0.1, -0.05) is 6.42 Å². The lowest BCUT2D eigenvalue weighted by atomic mass is 10.1. The number of anilines is 3. The number of nitrogens with zero attached hydrogens (tertiary/aromatic N) is 4. The first-order valence-corrected chi connectivity index (χ1v) is 12.0. The monoisotopic (exact) mass is 515 g/mol. The van der Waals surface area contributed by atoms with Crippen molar-refractivity contribution in [3.05, 3.63) is 66.1 Å². The van der Waals surface area contributed by atoms with Gasteiger partial charge in [0.25, 0.3) is 0 Å². The second-order valence-electron chi connectivity index (χ2n) is 8.62. The molecular weight excluding hydrogens is 487 g/mol. The highest BCUT2D eigenvalue weighted by atomic mass is 19.2. The molecule has 1 aromatic heterocycles. The van der Waals surface area contributed by atoms with Crippen LogP contribution in [0.5, 0.6) is 11.5 Å². The highest BCUT2D eigenvalue weighted by Crippen LogP contribution is 2.24. The summed E-state index contributed by atoms with van der Waals surface area (Å²) in [6.45, 7) is 3.60. The summed E-state index contributed by atoms with van der Waals surface area (Å²) in [5, 5.41) is 2.89. The van der Waals surface area contributed by atoms with E-state index in [1.165, 1.54) is 50.7 Å². The predicted octanol–water partition coefficient (Wildman–Crippen LogP) is 5.53. The highest BCUT2D eigenvalue weighted by Gasteiger charge is 2.17. The van der Waals surface area contributed by atoms with Gasteiger partial charge in [-0.05, 0) is 62.7 Å². The molecule has 8 nitrogen and oxygen atoms in total. The van der Waals surface area contributed by atoms with E-state index < -0.39 is 23.5 Å². The normalized spacial score (nSPS) is 13.7. The number of amides is 1. The molecule has 1 N–H and O–H groups in total. The zero-order valence-electron chi connectivity index (χ0n) is 20.4. The molecule has 2 aromatic carbocycles. The topological polar surface area (TPSA) is 79.8 Å². The van der Waals surface area contributed by atoms with Crippen molar-refractivity contribution < 1.29 is 27.4 Å². The summed E-state index contributed by atoms with van der Waals surface area (Å²) in [5.74, 6) is -2.43. The van der Waals surface area contributed by atoms with Crippen LogP contribution in [0.15, 0.2) is 48.7 Å². The van der Waals surface area contributed by atoms with Crippen molar-refractivity contribution in [2.45, 2.75) is 25.7 Å². The van der Waals surface area contributed by atoms with Crippen molar-refractivity contribution in [2.24, 2.45) is 0 Å². The largest absolute Gasteiger partial charge is 0.490 e. The molecule has 4 rings (SSSR count). The summed E-state index contributed by atoms with van der Waals surface area (Å²) < 4.78 is 51.7. The Balaban J connectivity index is 1.31. The number of halogens is 3.